The molecule has 0 fully saturated rings. The lowest BCUT2D eigenvalue weighted by Gasteiger charge is -2.31. The standard InChI is InChI=1S/C61H42N2O2/c1-39-34-56(60-53-38-44(29-33-58(53)64-59(60)35-39)43-28-32-55-52(37-43)49-20-8-10-24-54(49)63(55)45-17-6-3-7-18-45)62(47-19-12-16-42(36-47)40-14-4-2-5-15-40)46-30-26-41(27-31-46)48-22-13-23-51-50-21-9-11-25-57(50)65-61(48)51/h2-34,36-39H,35H2,1H3. The highest BCUT2D eigenvalue weighted by atomic mass is 16.3. The van der Waals surface area contributed by atoms with Gasteiger partial charge in [0.15, 0.2) is 0 Å². The third-order valence-corrected chi connectivity index (χ3v) is 13.3. The number of anilines is 2. The Balaban J connectivity index is 0.962. The lowest BCUT2D eigenvalue weighted by Crippen LogP contribution is -2.20. The van der Waals surface area contributed by atoms with E-state index in [0.717, 1.165) is 95.7 Å². The Morgan fingerprint density at radius 1 is 0.446 bits per heavy atom. The first-order valence-electron chi connectivity index (χ1n) is 22.5. The van der Waals surface area contributed by atoms with Gasteiger partial charge in [-0.1, -0.05) is 153 Å². The van der Waals surface area contributed by atoms with E-state index < -0.39 is 0 Å². The van der Waals surface area contributed by atoms with Gasteiger partial charge in [0.25, 0.3) is 0 Å². The molecule has 65 heavy (non-hydrogen) atoms. The van der Waals surface area contributed by atoms with Gasteiger partial charge in [-0.15, -0.1) is 0 Å². The van der Waals surface area contributed by atoms with Crippen LogP contribution in [0.25, 0.3) is 99.5 Å². The normalized spacial score (nSPS) is 13.8. The molecular weight excluding hydrogens is 793 g/mol. The predicted molar refractivity (Wildman–Crippen MR) is 270 cm³/mol. The van der Waals surface area contributed by atoms with Crippen LogP contribution < -0.4 is 4.90 Å². The fourth-order valence-electron chi connectivity index (χ4n) is 10.3. The summed E-state index contributed by atoms with van der Waals surface area (Å²) in [4.78, 5) is 2.43. The molecule has 12 aromatic rings. The number of fused-ring (bicyclic) bond motifs is 9. The van der Waals surface area contributed by atoms with Crippen LogP contribution in [0.1, 0.15) is 18.2 Å². The zero-order chi connectivity index (χ0) is 43.0. The summed E-state index contributed by atoms with van der Waals surface area (Å²) in [5.74, 6) is 1.27. The van der Waals surface area contributed by atoms with Gasteiger partial charge in [-0.3, -0.25) is 0 Å². The summed E-state index contributed by atoms with van der Waals surface area (Å²) < 4.78 is 15.7. The zero-order valence-corrected chi connectivity index (χ0v) is 35.8. The van der Waals surface area contributed by atoms with Crippen molar-refractivity contribution in [3.8, 4) is 39.1 Å². The number of benzene rings is 9. The van der Waals surface area contributed by atoms with Crippen molar-refractivity contribution >= 4 is 71.8 Å². The molecule has 0 spiro atoms. The summed E-state index contributed by atoms with van der Waals surface area (Å²) in [7, 11) is 0. The molecule has 4 heteroatoms. The molecule has 9 aromatic carbocycles. The van der Waals surface area contributed by atoms with Crippen LogP contribution in [-0.2, 0) is 6.42 Å². The molecule has 0 saturated carbocycles. The van der Waals surface area contributed by atoms with Crippen molar-refractivity contribution < 1.29 is 8.83 Å². The molecule has 0 bridgehead atoms. The van der Waals surface area contributed by atoms with E-state index in [4.69, 9.17) is 8.83 Å². The Morgan fingerprint density at radius 3 is 1.92 bits per heavy atom. The highest BCUT2D eigenvalue weighted by Crippen LogP contribution is 2.46. The Bertz CT molecular complexity index is 3810. The van der Waals surface area contributed by atoms with E-state index in [9.17, 15) is 0 Å². The van der Waals surface area contributed by atoms with Gasteiger partial charge in [0.2, 0.25) is 0 Å². The van der Waals surface area contributed by atoms with E-state index in [0.29, 0.717) is 0 Å². The van der Waals surface area contributed by atoms with Crippen LogP contribution in [0.4, 0.5) is 11.4 Å². The fourth-order valence-corrected chi connectivity index (χ4v) is 10.3. The van der Waals surface area contributed by atoms with E-state index in [1.807, 2.05) is 12.1 Å². The smallest absolute Gasteiger partial charge is 0.143 e. The maximum Gasteiger partial charge on any atom is 0.143 e. The minimum absolute atomic E-state index is 0.256. The van der Waals surface area contributed by atoms with Crippen LogP contribution in [-0.4, -0.2) is 4.57 Å². The number of furan rings is 2. The van der Waals surface area contributed by atoms with Gasteiger partial charge in [-0.2, -0.15) is 0 Å². The molecule has 3 aromatic heterocycles. The van der Waals surface area contributed by atoms with Gasteiger partial charge < -0.3 is 18.3 Å². The molecule has 3 heterocycles. The molecule has 1 aliphatic carbocycles. The number of hydrogen-bond donors (Lipinski definition) is 0. The van der Waals surface area contributed by atoms with Gasteiger partial charge in [0.1, 0.15) is 22.5 Å². The van der Waals surface area contributed by atoms with Crippen molar-refractivity contribution in [2.24, 2.45) is 5.92 Å². The highest BCUT2D eigenvalue weighted by molar-refractivity contribution is 6.12. The quantitative estimate of drug-likeness (QED) is 0.160. The Hall–Kier alpha value is -8.34. The van der Waals surface area contributed by atoms with Gasteiger partial charge in [-0.25, -0.2) is 0 Å². The van der Waals surface area contributed by atoms with Crippen LogP contribution in [0.5, 0.6) is 0 Å². The van der Waals surface area contributed by atoms with Crippen LogP contribution >= 0.6 is 0 Å². The summed E-state index contributed by atoms with van der Waals surface area (Å²) in [6.45, 7) is 2.29. The van der Waals surface area contributed by atoms with Crippen molar-refractivity contribution in [3.05, 3.63) is 230 Å². The Morgan fingerprint density at radius 2 is 1.08 bits per heavy atom. The van der Waals surface area contributed by atoms with Crippen molar-refractivity contribution in [3.63, 3.8) is 0 Å². The Kier molecular flexibility index (Phi) is 8.53. The summed E-state index contributed by atoms with van der Waals surface area (Å²) in [5, 5.41) is 5.84. The van der Waals surface area contributed by atoms with E-state index in [1.54, 1.807) is 0 Å². The van der Waals surface area contributed by atoms with E-state index in [-0.39, 0.29) is 5.92 Å². The monoisotopic (exact) mass is 834 g/mol. The molecule has 1 aliphatic rings. The van der Waals surface area contributed by atoms with Gasteiger partial charge in [0.05, 0.1) is 16.7 Å². The number of para-hydroxylation sites is 4. The second kappa shape index (κ2) is 14.9. The molecule has 1 unspecified atom stereocenters. The lowest BCUT2D eigenvalue weighted by molar-refractivity contribution is 0.511. The largest absolute Gasteiger partial charge is 0.460 e. The second-order valence-corrected chi connectivity index (χ2v) is 17.3. The average molecular weight is 835 g/mol. The highest BCUT2D eigenvalue weighted by Gasteiger charge is 2.30. The number of nitrogens with zero attached hydrogens (tertiary/aromatic N) is 2. The second-order valence-electron chi connectivity index (χ2n) is 17.3. The molecule has 0 radical (unpaired) electrons. The third-order valence-electron chi connectivity index (χ3n) is 13.3. The summed E-state index contributed by atoms with van der Waals surface area (Å²) in [6, 6.07) is 76.2. The topological polar surface area (TPSA) is 34.5 Å². The van der Waals surface area contributed by atoms with Crippen LogP contribution in [0.2, 0.25) is 0 Å². The van der Waals surface area contributed by atoms with Gasteiger partial charge in [-0.05, 0) is 107 Å². The number of hydrogen-bond acceptors (Lipinski definition) is 3. The average Bonchev–Trinajstić information content (AvgIpc) is 4.04. The summed E-state index contributed by atoms with van der Waals surface area (Å²) >= 11 is 0. The van der Waals surface area contributed by atoms with Crippen molar-refractivity contribution in [1.29, 1.82) is 0 Å². The minimum Gasteiger partial charge on any atom is -0.460 e. The zero-order valence-electron chi connectivity index (χ0n) is 35.8. The molecule has 0 amide bonds. The van der Waals surface area contributed by atoms with Gasteiger partial charge in [0, 0.05) is 61.5 Å². The SMILES string of the molecule is CC1C=C(N(c2ccc(-c3cccc4c3oc3ccccc34)cc2)c2cccc(-c3ccccc3)c2)c2c(oc3ccc(-c4ccc5c(c4)c4ccccc4n5-c4ccccc4)cc23)C1. The lowest BCUT2D eigenvalue weighted by atomic mass is 9.90. The molecule has 0 N–H and O–H groups in total. The first-order valence-corrected chi connectivity index (χ1v) is 22.5. The molecule has 0 saturated heterocycles. The van der Waals surface area contributed by atoms with E-state index in [2.05, 4.69) is 223 Å². The van der Waals surface area contributed by atoms with Crippen LogP contribution in [0.15, 0.2) is 227 Å². The first kappa shape index (κ1) is 37.2. The first-order chi connectivity index (χ1) is 32.1. The molecule has 308 valence electrons. The van der Waals surface area contributed by atoms with Gasteiger partial charge >= 0.3 is 0 Å². The molecule has 0 aliphatic heterocycles. The van der Waals surface area contributed by atoms with Crippen LogP contribution in [0.3, 0.4) is 0 Å². The maximum atomic E-state index is 6.84. The fraction of sp³-hybridized carbons (Fsp3) is 0.0492. The van der Waals surface area contributed by atoms with Crippen molar-refractivity contribution in [1.82, 2.24) is 4.57 Å². The van der Waals surface area contributed by atoms with E-state index in [1.165, 1.54) is 32.9 Å². The number of rotatable bonds is 7. The Labute approximate surface area is 376 Å². The summed E-state index contributed by atoms with van der Waals surface area (Å²) in [6.07, 6.45) is 3.26. The molecule has 13 rings (SSSR count). The number of allylic oxidation sites excluding steroid dienone is 1. The predicted octanol–water partition coefficient (Wildman–Crippen LogP) is 16.8. The van der Waals surface area contributed by atoms with Crippen molar-refractivity contribution in [2.75, 3.05) is 4.90 Å². The maximum absolute atomic E-state index is 6.84. The van der Waals surface area contributed by atoms with Crippen LogP contribution in [0, 0.1) is 5.92 Å². The minimum atomic E-state index is 0.256. The van der Waals surface area contributed by atoms with E-state index >= 15 is 0 Å². The third kappa shape index (κ3) is 6.13. The molecule has 4 nitrogen and oxygen atoms in total. The molecular formula is C61H42N2O2. The van der Waals surface area contributed by atoms with Crippen molar-refractivity contribution in [2.45, 2.75) is 13.3 Å². The molecule has 1 atom stereocenters. The number of aromatic nitrogens is 1. The summed E-state index contributed by atoms with van der Waals surface area (Å²) in [5.41, 5.74) is 17.5.